The molecule has 0 bridgehead atoms. The lowest BCUT2D eigenvalue weighted by molar-refractivity contribution is 0.406. The molecule has 0 aliphatic carbocycles. The molecule has 0 spiro atoms. The summed E-state index contributed by atoms with van der Waals surface area (Å²) >= 11 is 0. The standard InChI is InChI=1S/C11H16N4/c1-11(2,3)7-9-5-4-6-10(14-9)8-13-15-12/h4-6H,7-8H2,1-3H3. The summed E-state index contributed by atoms with van der Waals surface area (Å²) < 4.78 is 0. The van der Waals surface area contributed by atoms with Gasteiger partial charge >= 0.3 is 0 Å². The van der Waals surface area contributed by atoms with Crippen molar-refractivity contribution in [2.45, 2.75) is 33.7 Å². The monoisotopic (exact) mass is 204 g/mol. The molecular weight excluding hydrogens is 188 g/mol. The highest BCUT2D eigenvalue weighted by Crippen LogP contribution is 2.19. The number of hydrogen-bond donors (Lipinski definition) is 0. The Bertz CT molecular complexity index is 372. The fourth-order valence-electron chi connectivity index (χ4n) is 1.36. The second kappa shape index (κ2) is 4.80. The quantitative estimate of drug-likeness (QED) is 0.422. The average molecular weight is 204 g/mol. The highest BCUT2D eigenvalue weighted by atomic mass is 15.1. The molecule has 1 aromatic rings. The van der Waals surface area contributed by atoms with Crippen molar-refractivity contribution in [2.24, 2.45) is 10.5 Å². The van der Waals surface area contributed by atoms with E-state index in [1.54, 1.807) is 0 Å². The van der Waals surface area contributed by atoms with Gasteiger partial charge in [-0.1, -0.05) is 32.0 Å². The largest absolute Gasteiger partial charge is 0.258 e. The van der Waals surface area contributed by atoms with Crippen molar-refractivity contribution in [3.8, 4) is 0 Å². The molecule has 0 fully saturated rings. The Hall–Kier alpha value is -1.54. The summed E-state index contributed by atoms with van der Waals surface area (Å²) in [6.45, 7) is 6.85. The van der Waals surface area contributed by atoms with E-state index in [0.29, 0.717) is 6.54 Å². The predicted octanol–water partition coefficient (Wildman–Crippen LogP) is 3.48. The highest BCUT2D eigenvalue weighted by Gasteiger charge is 2.12. The summed E-state index contributed by atoms with van der Waals surface area (Å²) in [4.78, 5) is 7.15. The van der Waals surface area contributed by atoms with E-state index in [-0.39, 0.29) is 5.41 Å². The van der Waals surface area contributed by atoms with Gasteiger partial charge in [0.05, 0.1) is 6.54 Å². The molecule has 0 N–H and O–H groups in total. The molecular formula is C11H16N4. The van der Waals surface area contributed by atoms with Crippen molar-refractivity contribution >= 4 is 0 Å². The maximum atomic E-state index is 8.21. The number of aromatic nitrogens is 1. The number of pyridine rings is 1. The molecule has 0 saturated carbocycles. The fourth-order valence-corrected chi connectivity index (χ4v) is 1.36. The van der Waals surface area contributed by atoms with Crippen LogP contribution in [0.2, 0.25) is 0 Å². The van der Waals surface area contributed by atoms with E-state index in [1.165, 1.54) is 0 Å². The molecule has 0 aromatic carbocycles. The minimum Gasteiger partial charge on any atom is -0.258 e. The van der Waals surface area contributed by atoms with Crippen LogP contribution in [0.15, 0.2) is 23.3 Å². The molecule has 0 aliphatic heterocycles. The van der Waals surface area contributed by atoms with E-state index in [9.17, 15) is 0 Å². The first-order valence-corrected chi connectivity index (χ1v) is 4.97. The van der Waals surface area contributed by atoms with E-state index in [4.69, 9.17) is 5.53 Å². The van der Waals surface area contributed by atoms with Crippen molar-refractivity contribution in [1.82, 2.24) is 4.98 Å². The molecule has 15 heavy (non-hydrogen) atoms. The van der Waals surface area contributed by atoms with Crippen molar-refractivity contribution in [3.63, 3.8) is 0 Å². The van der Waals surface area contributed by atoms with Gasteiger partial charge in [-0.05, 0) is 29.5 Å². The Morgan fingerprint density at radius 3 is 2.60 bits per heavy atom. The van der Waals surface area contributed by atoms with Gasteiger partial charge in [0.2, 0.25) is 0 Å². The first-order chi connectivity index (χ1) is 7.01. The lowest BCUT2D eigenvalue weighted by Gasteiger charge is -2.17. The Labute approximate surface area is 90.0 Å². The van der Waals surface area contributed by atoms with Crippen LogP contribution in [0.5, 0.6) is 0 Å². The predicted molar refractivity (Wildman–Crippen MR) is 60.2 cm³/mol. The molecule has 4 nitrogen and oxygen atoms in total. The third-order valence-corrected chi connectivity index (χ3v) is 1.87. The number of rotatable bonds is 3. The SMILES string of the molecule is CC(C)(C)Cc1cccc(CN=[N+]=[N-])n1. The van der Waals surface area contributed by atoms with Crippen LogP contribution in [-0.2, 0) is 13.0 Å². The zero-order valence-corrected chi connectivity index (χ0v) is 9.44. The van der Waals surface area contributed by atoms with Crippen molar-refractivity contribution < 1.29 is 0 Å². The van der Waals surface area contributed by atoms with Gasteiger partial charge in [0.15, 0.2) is 0 Å². The van der Waals surface area contributed by atoms with Crippen LogP contribution in [0, 0.1) is 5.41 Å². The van der Waals surface area contributed by atoms with Crippen LogP contribution in [0.1, 0.15) is 32.2 Å². The van der Waals surface area contributed by atoms with Crippen LogP contribution in [0.25, 0.3) is 10.4 Å². The van der Waals surface area contributed by atoms with E-state index >= 15 is 0 Å². The zero-order chi connectivity index (χ0) is 11.3. The van der Waals surface area contributed by atoms with Gasteiger partial charge in [-0.25, -0.2) is 0 Å². The van der Waals surface area contributed by atoms with Gasteiger partial charge in [-0.15, -0.1) is 0 Å². The van der Waals surface area contributed by atoms with Gasteiger partial charge in [-0.3, -0.25) is 4.98 Å². The molecule has 1 aromatic heterocycles. The van der Waals surface area contributed by atoms with Gasteiger partial charge in [0, 0.05) is 16.3 Å². The van der Waals surface area contributed by atoms with E-state index in [1.807, 2.05) is 18.2 Å². The minimum atomic E-state index is 0.226. The molecule has 1 rings (SSSR count). The summed E-state index contributed by atoms with van der Waals surface area (Å²) in [7, 11) is 0. The molecule has 0 aliphatic rings. The highest BCUT2D eigenvalue weighted by molar-refractivity contribution is 5.12. The van der Waals surface area contributed by atoms with Crippen LogP contribution in [0.4, 0.5) is 0 Å². The Morgan fingerprint density at radius 1 is 1.33 bits per heavy atom. The molecule has 0 unspecified atom stereocenters. The third kappa shape index (κ3) is 4.47. The summed E-state index contributed by atoms with van der Waals surface area (Å²) in [6.07, 6.45) is 0.928. The fraction of sp³-hybridized carbons (Fsp3) is 0.545. The van der Waals surface area contributed by atoms with Crippen LogP contribution >= 0.6 is 0 Å². The van der Waals surface area contributed by atoms with Crippen molar-refractivity contribution in [2.75, 3.05) is 0 Å². The smallest absolute Gasteiger partial charge is 0.0684 e. The van der Waals surface area contributed by atoms with Gasteiger partial charge < -0.3 is 0 Å². The maximum absolute atomic E-state index is 8.21. The van der Waals surface area contributed by atoms with Crippen LogP contribution < -0.4 is 0 Å². The van der Waals surface area contributed by atoms with Crippen molar-refractivity contribution in [1.29, 1.82) is 0 Å². The maximum Gasteiger partial charge on any atom is 0.0684 e. The van der Waals surface area contributed by atoms with Crippen LogP contribution in [-0.4, -0.2) is 4.98 Å². The van der Waals surface area contributed by atoms with Gasteiger partial charge in [-0.2, -0.15) is 0 Å². The average Bonchev–Trinajstić information content (AvgIpc) is 2.12. The zero-order valence-electron chi connectivity index (χ0n) is 9.44. The van der Waals surface area contributed by atoms with Gasteiger partial charge in [0.1, 0.15) is 0 Å². The number of azide groups is 1. The second-order valence-electron chi connectivity index (χ2n) is 4.75. The lowest BCUT2D eigenvalue weighted by atomic mass is 9.90. The summed E-state index contributed by atoms with van der Waals surface area (Å²) in [5.74, 6) is 0. The second-order valence-corrected chi connectivity index (χ2v) is 4.75. The lowest BCUT2D eigenvalue weighted by Crippen LogP contribution is -2.10. The van der Waals surface area contributed by atoms with Crippen LogP contribution in [0.3, 0.4) is 0 Å². The topological polar surface area (TPSA) is 61.7 Å². The van der Waals surface area contributed by atoms with Gasteiger partial charge in [0.25, 0.3) is 0 Å². The molecule has 0 amide bonds. The van der Waals surface area contributed by atoms with Crippen molar-refractivity contribution in [3.05, 3.63) is 40.0 Å². The number of hydrogen-bond acceptors (Lipinski definition) is 2. The third-order valence-electron chi connectivity index (χ3n) is 1.87. The number of nitrogens with zero attached hydrogens (tertiary/aromatic N) is 4. The molecule has 4 heteroatoms. The first kappa shape index (κ1) is 11.5. The summed E-state index contributed by atoms with van der Waals surface area (Å²) in [6, 6.07) is 5.84. The van der Waals surface area contributed by atoms with E-state index in [0.717, 1.165) is 17.8 Å². The minimum absolute atomic E-state index is 0.226. The molecule has 0 atom stereocenters. The first-order valence-electron chi connectivity index (χ1n) is 4.97. The Balaban J connectivity index is 2.78. The Kier molecular flexibility index (Phi) is 3.69. The summed E-state index contributed by atoms with van der Waals surface area (Å²) in [5.41, 5.74) is 10.3. The van der Waals surface area contributed by atoms with E-state index in [2.05, 4.69) is 35.8 Å². The summed E-state index contributed by atoms with van der Waals surface area (Å²) in [5, 5.41) is 3.50. The molecule has 0 saturated heterocycles. The van der Waals surface area contributed by atoms with E-state index < -0.39 is 0 Å². The molecule has 0 radical (unpaired) electrons. The molecule has 1 heterocycles. The molecule has 80 valence electrons. The Morgan fingerprint density at radius 2 is 2.00 bits per heavy atom. The normalized spacial score (nSPS) is 10.9.